The number of carbonyl (C=O) groups excluding carboxylic acids is 11. The Morgan fingerprint density at radius 3 is 1.87 bits per heavy atom. The number of thioether (sulfide) groups is 1. The molecular formula is C49H78N12O14S. The van der Waals surface area contributed by atoms with E-state index in [1.165, 1.54) is 18.7 Å². The van der Waals surface area contributed by atoms with E-state index in [0.717, 1.165) is 0 Å². The van der Waals surface area contributed by atoms with Gasteiger partial charge in [-0.3, -0.25) is 57.5 Å². The molecule has 1 fully saturated rings. The van der Waals surface area contributed by atoms with E-state index in [-0.39, 0.29) is 63.3 Å². The molecule has 0 radical (unpaired) electrons. The van der Waals surface area contributed by atoms with Crippen LogP contribution >= 0.6 is 11.8 Å². The van der Waals surface area contributed by atoms with Gasteiger partial charge in [-0.05, 0) is 81.4 Å². The van der Waals surface area contributed by atoms with Gasteiger partial charge in [0.1, 0.15) is 54.4 Å². The Bertz CT molecular complexity index is 2170. The number of aliphatic hydroxyl groups excluding tert-OH is 1. The number of primary amides is 1. The zero-order valence-corrected chi connectivity index (χ0v) is 44.8. The molecule has 1 aliphatic rings. The molecule has 1 aliphatic heterocycles. The van der Waals surface area contributed by atoms with Crippen LogP contribution < -0.4 is 64.6 Å². The highest BCUT2D eigenvalue weighted by molar-refractivity contribution is 7.98. The lowest BCUT2D eigenvalue weighted by atomic mass is 9.97. The Hall–Kier alpha value is -6.87. The summed E-state index contributed by atoms with van der Waals surface area (Å²) < 4.78 is 0. The number of aliphatic hydroxyl groups is 1. The van der Waals surface area contributed by atoms with Gasteiger partial charge >= 0.3 is 5.97 Å². The molecule has 0 spiro atoms. The van der Waals surface area contributed by atoms with Crippen LogP contribution in [0.15, 0.2) is 30.3 Å². The third-order valence-electron chi connectivity index (χ3n) is 12.2. The number of carboxylic acids is 1. The molecule has 0 saturated carbocycles. The van der Waals surface area contributed by atoms with Crippen molar-refractivity contribution in [1.82, 2.24) is 53.2 Å². The molecule has 0 bridgehead atoms. The third-order valence-corrected chi connectivity index (χ3v) is 12.9. The summed E-state index contributed by atoms with van der Waals surface area (Å²) in [6, 6.07) is -3.44. The van der Waals surface area contributed by atoms with Crippen LogP contribution in [0.5, 0.6) is 0 Å². The van der Waals surface area contributed by atoms with Gasteiger partial charge in [0.2, 0.25) is 65.0 Å². The maximum absolute atomic E-state index is 14.1. The Kier molecular flexibility index (Phi) is 29.1. The summed E-state index contributed by atoms with van der Waals surface area (Å²) >= 11 is 1.46. The second-order valence-corrected chi connectivity index (χ2v) is 20.0. The molecule has 27 heteroatoms. The van der Waals surface area contributed by atoms with Crippen LogP contribution in [0.25, 0.3) is 0 Å². The van der Waals surface area contributed by atoms with Crippen LogP contribution in [0.1, 0.15) is 98.0 Å². The van der Waals surface area contributed by atoms with Crippen molar-refractivity contribution in [1.29, 1.82) is 0 Å². The van der Waals surface area contributed by atoms with Crippen molar-refractivity contribution in [3.63, 3.8) is 0 Å². The first-order chi connectivity index (χ1) is 35.9. The minimum Gasteiger partial charge on any atom is -0.481 e. The summed E-state index contributed by atoms with van der Waals surface area (Å²) in [5.74, 6) is -10.5. The first-order valence-corrected chi connectivity index (χ1v) is 26.7. The smallest absolute Gasteiger partial charge is 0.305 e. The van der Waals surface area contributed by atoms with Crippen LogP contribution in [-0.2, 0) is 64.0 Å². The molecule has 26 nitrogen and oxygen atoms in total. The predicted molar refractivity (Wildman–Crippen MR) is 279 cm³/mol. The second-order valence-electron chi connectivity index (χ2n) is 19.0. The van der Waals surface area contributed by atoms with Crippen LogP contribution in [0.3, 0.4) is 0 Å². The molecular weight excluding hydrogens is 1010 g/mol. The quantitative estimate of drug-likeness (QED) is 0.0293. The molecule has 0 aromatic heterocycles. The minimum absolute atomic E-state index is 0.0655. The van der Waals surface area contributed by atoms with Gasteiger partial charge in [-0.2, -0.15) is 11.8 Å². The molecule has 76 heavy (non-hydrogen) atoms. The first-order valence-electron chi connectivity index (χ1n) is 25.3. The van der Waals surface area contributed by atoms with Crippen LogP contribution in [0.2, 0.25) is 0 Å². The largest absolute Gasteiger partial charge is 0.481 e. The third kappa shape index (κ3) is 23.3. The van der Waals surface area contributed by atoms with Gasteiger partial charge in [0.25, 0.3) is 0 Å². The zero-order chi connectivity index (χ0) is 57.1. The lowest BCUT2D eigenvalue weighted by Crippen LogP contribution is -2.60. The summed E-state index contributed by atoms with van der Waals surface area (Å²) in [4.78, 5) is 157. The highest BCUT2D eigenvalue weighted by Gasteiger charge is 2.36. The zero-order valence-electron chi connectivity index (χ0n) is 44.0. The topological polar surface area (TPSA) is 418 Å². The molecule has 424 valence electrons. The highest BCUT2D eigenvalue weighted by Crippen LogP contribution is 2.13. The number of benzene rings is 1. The second kappa shape index (κ2) is 33.9. The van der Waals surface area contributed by atoms with E-state index >= 15 is 0 Å². The number of carbonyl (C=O) groups is 12. The molecule has 1 heterocycles. The van der Waals surface area contributed by atoms with Gasteiger partial charge in [-0.1, -0.05) is 64.4 Å². The van der Waals surface area contributed by atoms with Crippen molar-refractivity contribution in [2.24, 2.45) is 23.3 Å². The summed E-state index contributed by atoms with van der Waals surface area (Å²) in [7, 11) is 0. The highest BCUT2D eigenvalue weighted by atomic mass is 32.2. The van der Waals surface area contributed by atoms with Crippen molar-refractivity contribution in [3.05, 3.63) is 35.9 Å². The van der Waals surface area contributed by atoms with Crippen molar-refractivity contribution in [3.8, 4) is 0 Å². The fourth-order valence-corrected chi connectivity index (χ4v) is 8.15. The Morgan fingerprint density at radius 1 is 0.711 bits per heavy atom. The molecule has 11 amide bonds. The SMILES string of the molecule is CC[C@H](C)[C@H](NC(=O)[C@H](Cc1ccccc1)NC(=O)[C@H](C)NC(=O)[C@H](CC(=O)O)NC(=O)[C@H](CCCCN)NC(=O)[C@H](CO)NC(=O)[C@@H]1CCC(=O)N1)C(=O)NCC(=O)N[C@@H](CC(C)C)C(=O)N[C@@H](CCSC)C(N)=O. The summed E-state index contributed by atoms with van der Waals surface area (Å²) in [6.45, 7) is 7.05. The van der Waals surface area contributed by atoms with Crippen molar-refractivity contribution in [2.75, 3.05) is 31.7 Å². The lowest BCUT2D eigenvalue weighted by molar-refractivity contribution is -0.141. The Balaban J connectivity index is 2.26. The molecule has 10 atom stereocenters. The number of nitrogens with one attached hydrogen (secondary N) is 10. The monoisotopic (exact) mass is 1090 g/mol. The average Bonchev–Trinajstić information content (AvgIpc) is 3.82. The summed E-state index contributed by atoms with van der Waals surface area (Å²) in [5.41, 5.74) is 11.7. The fourth-order valence-electron chi connectivity index (χ4n) is 7.68. The van der Waals surface area contributed by atoms with Gasteiger partial charge in [0.15, 0.2) is 0 Å². The maximum Gasteiger partial charge on any atom is 0.305 e. The number of rotatable bonds is 35. The fraction of sp³-hybridized carbons (Fsp3) is 0.633. The van der Waals surface area contributed by atoms with Crippen molar-refractivity contribution in [2.45, 2.75) is 153 Å². The van der Waals surface area contributed by atoms with Crippen LogP contribution in [0.4, 0.5) is 0 Å². The number of unbranched alkanes of at least 4 members (excludes halogenated alkanes) is 1. The molecule has 1 saturated heterocycles. The van der Waals surface area contributed by atoms with Crippen LogP contribution in [-0.4, -0.2) is 167 Å². The summed E-state index contributed by atoms with van der Waals surface area (Å²) in [5, 5.41) is 44.4. The van der Waals surface area contributed by atoms with Gasteiger partial charge in [0, 0.05) is 12.8 Å². The molecule has 0 aliphatic carbocycles. The van der Waals surface area contributed by atoms with E-state index in [1.54, 1.807) is 44.2 Å². The van der Waals surface area contributed by atoms with Crippen molar-refractivity contribution < 1.29 is 67.7 Å². The van der Waals surface area contributed by atoms with E-state index in [2.05, 4.69) is 53.2 Å². The molecule has 2 rings (SSSR count). The number of carboxylic acid groups (broad SMARTS) is 1. The lowest BCUT2D eigenvalue weighted by Gasteiger charge is -2.28. The number of hydrogen-bond donors (Lipinski definition) is 14. The number of amides is 11. The van der Waals surface area contributed by atoms with Gasteiger partial charge in [-0.15, -0.1) is 0 Å². The number of hydrogen-bond acceptors (Lipinski definition) is 15. The van der Waals surface area contributed by atoms with E-state index in [0.29, 0.717) is 24.2 Å². The average molecular weight is 1090 g/mol. The van der Waals surface area contributed by atoms with E-state index in [1.807, 2.05) is 20.1 Å². The standard InChI is InChI=1S/C49H78N12O14S/c1-7-27(4)40(49(75)52-24-38(64)55-33(21-26(2)3)46(72)56-30(41(51)67)18-20-76-6)61-47(73)34(22-29-13-9-8-10-14-29)58-42(68)28(5)53-45(71)35(23-39(65)66)59-43(69)31(15-11-12-19-50)57-48(74)36(25-62)60-44(70)32-16-17-37(63)54-32/h8-10,13-14,26-28,30-36,40,62H,7,11-12,15-25,50H2,1-6H3,(H2,51,67)(H,52,75)(H,53,71)(H,54,63)(H,55,64)(H,56,72)(H,57,74)(H,58,68)(H,59,69)(H,60,70)(H,61,73)(H,65,66)/t27-,28-,30-,31-,32-,33-,34-,35-,36-,40-/m0/s1. The first kappa shape index (κ1) is 65.2. The Labute approximate surface area is 446 Å². The molecule has 1 aromatic carbocycles. The van der Waals surface area contributed by atoms with Gasteiger partial charge in [-0.25, -0.2) is 0 Å². The van der Waals surface area contributed by atoms with Crippen LogP contribution in [0, 0.1) is 11.8 Å². The number of aliphatic carboxylic acids is 1. The maximum atomic E-state index is 14.1. The van der Waals surface area contributed by atoms with E-state index < -0.39 is 145 Å². The number of nitrogens with two attached hydrogens (primary N) is 2. The van der Waals surface area contributed by atoms with Crippen molar-refractivity contribution >= 4 is 82.7 Å². The van der Waals surface area contributed by atoms with Gasteiger partial charge in [0.05, 0.1) is 19.6 Å². The minimum atomic E-state index is -1.82. The summed E-state index contributed by atoms with van der Waals surface area (Å²) in [6.07, 6.45) is 2.41. The molecule has 16 N–H and O–H groups in total. The van der Waals surface area contributed by atoms with E-state index in [9.17, 15) is 67.7 Å². The molecule has 0 unspecified atom stereocenters. The van der Waals surface area contributed by atoms with E-state index in [4.69, 9.17) is 11.5 Å². The van der Waals surface area contributed by atoms with Gasteiger partial charge < -0.3 is 74.8 Å². The Morgan fingerprint density at radius 2 is 1.30 bits per heavy atom. The normalized spacial score (nSPS) is 16.5. The predicted octanol–water partition coefficient (Wildman–Crippen LogP) is -3.55. The molecule has 1 aromatic rings.